The first kappa shape index (κ1) is 40.0. The van der Waals surface area contributed by atoms with Crippen LogP contribution >= 0.6 is 11.8 Å². The van der Waals surface area contributed by atoms with Crippen molar-refractivity contribution in [3.8, 4) is 5.75 Å². The summed E-state index contributed by atoms with van der Waals surface area (Å²) in [5.41, 5.74) is 1.21. The molecule has 0 fully saturated rings. The summed E-state index contributed by atoms with van der Waals surface area (Å²) in [5.74, 6) is -1.33. The SMILES string of the molecule is CCCCCCCCCCCCCCN(C(=O)Sc1nnnn1CC(=O)OCCC)c1cccc2c(O)c(C(=O)Nc3ccccc3C=O)ccc12. The number of carbonyl (C=O) groups excluding carboxylic acids is 4. The highest BCUT2D eigenvalue weighted by atomic mass is 32.2. The standard InChI is InChI=1S/C39H50N6O6S/c1-3-5-6-7-8-9-10-11-12-13-14-17-25-44(39(50)52-38-41-42-43-45(38)27-35(47)51-26-4-2)34-22-18-20-31-30(34)23-24-32(36(31)48)37(49)40-33-21-16-15-19-29(33)28-46/h15-16,18-24,28,48H,3-14,17,25-27H2,1-2H3,(H,40,49). The number of aromatic hydroxyl groups is 1. The molecule has 0 saturated carbocycles. The number of hydrogen-bond acceptors (Lipinski definition) is 10. The topological polar surface area (TPSA) is 157 Å². The summed E-state index contributed by atoms with van der Waals surface area (Å²) in [6.07, 6.45) is 15.5. The number of anilines is 2. The van der Waals surface area contributed by atoms with Crippen LogP contribution in [0.25, 0.3) is 10.8 Å². The lowest BCUT2D eigenvalue weighted by atomic mass is 10.0. The molecule has 13 heteroatoms. The van der Waals surface area contributed by atoms with E-state index < -0.39 is 11.9 Å². The molecule has 2 amide bonds. The van der Waals surface area contributed by atoms with Crippen LogP contribution in [-0.4, -0.2) is 61.9 Å². The number of rotatable bonds is 22. The Morgan fingerprint density at radius 2 is 1.54 bits per heavy atom. The molecule has 0 aliphatic rings. The van der Waals surface area contributed by atoms with Crippen LogP contribution in [0.2, 0.25) is 0 Å². The van der Waals surface area contributed by atoms with Crippen LogP contribution < -0.4 is 10.2 Å². The van der Waals surface area contributed by atoms with Crippen molar-refractivity contribution in [2.45, 2.75) is 109 Å². The van der Waals surface area contributed by atoms with E-state index in [-0.39, 0.29) is 34.9 Å². The van der Waals surface area contributed by atoms with Gasteiger partial charge in [0.05, 0.1) is 23.5 Å². The average molecular weight is 731 g/mol. The number of fused-ring (bicyclic) bond motifs is 1. The van der Waals surface area contributed by atoms with Gasteiger partial charge in [-0.3, -0.25) is 19.2 Å². The molecule has 0 unspecified atom stereocenters. The molecular formula is C39H50N6O6S. The number of phenolic OH excluding ortho intramolecular Hbond substituents is 1. The van der Waals surface area contributed by atoms with E-state index >= 15 is 0 Å². The van der Waals surface area contributed by atoms with Gasteiger partial charge in [0.25, 0.3) is 11.1 Å². The zero-order valence-electron chi connectivity index (χ0n) is 30.2. The highest BCUT2D eigenvalue weighted by Gasteiger charge is 2.25. The van der Waals surface area contributed by atoms with Crippen LogP contribution in [0.1, 0.15) is 118 Å². The number of nitrogens with one attached hydrogen (secondary N) is 1. The Hall–Kier alpha value is -4.78. The molecule has 12 nitrogen and oxygen atoms in total. The summed E-state index contributed by atoms with van der Waals surface area (Å²) in [5, 5.41) is 26.3. The number of para-hydroxylation sites is 1. The van der Waals surface area contributed by atoms with Crippen molar-refractivity contribution >= 4 is 57.3 Å². The first-order valence-electron chi connectivity index (χ1n) is 18.4. The first-order valence-corrected chi connectivity index (χ1v) is 19.2. The van der Waals surface area contributed by atoms with Crippen LogP contribution in [0.3, 0.4) is 0 Å². The Morgan fingerprint density at radius 3 is 2.23 bits per heavy atom. The van der Waals surface area contributed by atoms with Crippen molar-refractivity contribution < 1.29 is 29.0 Å². The lowest BCUT2D eigenvalue weighted by Gasteiger charge is -2.24. The number of nitrogens with zero attached hydrogens (tertiary/aromatic N) is 5. The molecule has 52 heavy (non-hydrogen) atoms. The van der Waals surface area contributed by atoms with E-state index in [9.17, 15) is 24.3 Å². The molecule has 1 heterocycles. The number of phenols is 1. The fraction of sp³-hybridized carbons (Fsp3) is 0.462. The van der Waals surface area contributed by atoms with Gasteiger partial charge in [-0.2, -0.15) is 0 Å². The summed E-state index contributed by atoms with van der Waals surface area (Å²) >= 11 is 0.806. The van der Waals surface area contributed by atoms with E-state index in [0.29, 0.717) is 47.0 Å². The number of esters is 1. The summed E-state index contributed by atoms with van der Waals surface area (Å²) < 4.78 is 6.41. The van der Waals surface area contributed by atoms with Gasteiger partial charge in [0.15, 0.2) is 6.29 Å². The molecule has 0 saturated heterocycles. The van der Waals surface area contributed by atoms with E-state index in [2.05, 4.69) is 27.8 Å². The van der Waals surface area contributed by atoms with Gasteiger partial charge >= 0.3 is 5.97 Å². The maximum Gasteiger partial charge on any atom is 0.327 e. The van der Waals surface area contributed by atoms with Crippen LogP contribution in [0.4, 0.5) is 16.2 Å². The predicted octanol–water partition coefficient (Wildman–Crippen LogP) is 8.97. The minimum atomic E-state index is -0.580. The number of aromatic nitrogens is 4. The number of tetrazole rings is 1. The third-order valence-corrected chi connectivity index (χ3v) is 9.63. The van der Waals surface area contributed by atoms with Crippen molar-refractivity contribution in [1.82, 2.24) is 20.2 Å². The first-order chi connectivity index (χ1) is 25.4. The van der Waals surface area contributed by atoms with E-state index in [1.807, 2.05) is 6.92 Å². The number of benzene rings is 3. The molecule has 278 valence electrons. The zero-order valence-corrected chi connectivity index (χ0v) is 31.0. The molecule has 4 aromatic rings. The molecule has 4 rings (SSSR count). The maximum absolute atomic E-state index is 14.0. The quantitative estimate of drug-likeness (QED) is 0.0346. The Morgan fingerprint density at radius 1 is 0.846 bits per heavy atom. The minimum absolute atomic E-state index is 0.0210. The number of aldehydes is 1. The van der Waals surface area contributed by atoms with Crippen LogP contribution in [0.5, 0.6) is 5.75 Å². The Bertz CT molecular complexity index is 1780. The third-order valence-electron chi connectivity index (χ3n) is 8.76. The molecule has 0 radical (unpaired) electrons. The fourth-order valence-electron chi connectivity index (χ4n) is 5.95. The molecule has 2 N–H and O–H groups in total. The van der Waals surface area contributed by atoms with E-state index in [0.717, 1.165) is 37.4 Å². The van der Waals surface area contributed by atoms with Gasteiger partial charge in [0.1, 0.15) is 12.3 Å². The van der Waals surface area contributed by atoms with Crippen molar-refractivity contribution in [3.63, 3.8) is 0 Å². The number of thioether (sulfide) groups is 1. The Kier molecular flexibility index (Phi) is 16.6. The molecule has 0 spiro atoms. The number of carbonyl (C=O) groups is 4. The van der Waals surface area contributed by atoms with Crippen LogP contribution in [-0.2, 0) is 16.1 Å². The summed E-state index contributed by atoms with van der Waals surface area (Å²) in [6.45, 7) is 4.57. The van der Waals surface area contributed by atoms with Gasteiger partial charge in [-0.15, -0.1) is 5.10 Å². The normalized spacial score (nSPS) is 11.0. The van der Waals surface area contributed by atoms with E-state index in [1.165, 1.54) is 62.1 Å². The molecule has 0 aliphatic carbocycles. The van der Waals surface area contributed by atoms with Gasteiger partial charge in [0.2, 0.25) is 5.16 Å². The third kappa shape index (κ3) is 11.6. The second kappa shape index (κ2) is 21.6. The minimum Gasteiger partial charge on any atom is -0.506 e. The summed E-state index contributed by atoms with van der Waals surface area (Å²) in [4.78, 5) is 52.7. The van der Waals surface area contributed by atoms with E-state index in [4.69, 9.17) is 4.74 Å². The predicted molar refractivity (Wildman–Crippen MR) is 204 cm³/mol. The second-order valence-corrected chi connectivity index (χ2v) is 13.7. The maximum atomic E-state index is 14.0. The largest absolute Gasteiger partial charge is 0.506 e. The van der Waals surface area contributed by atoms with Gasteiger partial charge in [-0.25, -0.2) is 4.68 Å². The molecule has 1 aromatic heterocycles. The highest BCUT2D eigenvalue weighted by Crippen LogP contribution is 2.37. The number of ether oxygens (including phenoxy) is 1. The molecular weight excluding hydrogens is 681 g/mol. The molecule has 0 bridgehead atoms. The highest BCUT2D eigenvalue weighted by molar-refractivity contribution is 8.13. The molecule has 0 aliphatic heterocycles. The summed E-state index contributed by atoms with van der Waals surface area (Å²) in [6, 6.07) is 15.0. The lowest BCUT2D eigenvalue weighted by molar-refractivity contribution is -0.144. The van der Waals surface area contributed by atoms with Gasteiger partial charge in [-0.1, -0.05) is 115 Å². The molecule has 3 aromatic carbocycles. The molecule has 0 atom stereocenters. The van der Waals surface area contributed by atoms with Gasteiger partial charge < -0.3 is 20.1 Å². The van der Waals surface area contributed by atoms with Crippen LogP contribution in [0.15, 0.2) is 59.8 Å². The zero-order chi connectivity index (χ0) is 37.1. The Labute approximate surface area is 309 Å². The average Bonchev–Trinajstić information content (AvgIpc) is 3.58. The Balaban J connectivity index is 1.50. The lowest BCUT2D eigenvalue weighted by Crippen LogP contribution is -2.29. The smallest absolute Gasteiger partial charge is 0.327 e. The van der Waals surface area contributed by atoms with Gasteiger partial charge in [-0.05, 0) is 47.5 Å². The van der Waals surface area contributed by atoms with Gasteiger partial charge in [0, 0.05) is 34.6 Å². The van der Waals surface area contributed by atoms with Crippen molar-refractivity contribution in [2.24, 2.45) is 0 Å². The fourth-order valence-corrected chi connectivity index (χ4v) is 6.69. The number of unbranched alkanes of at least 4 members (excludes halogenated alkanes) is 11. The second-order valence-electron chi connectivity index (χ2n) is 12.7. The monoisotopic (exact) mass is 730 g/mol. The van der Waals surface area contributed by atoms with E-state index in [1.54, 1.807) is 53.4 Å². The van der Waals surface area contributed by atoms with Crippen LogP contribution in [0, 0.1) is 0 Å². The van der Waals surface area contributed by atoms with Crippen molar-refractivity contribution in [3.05, 3.63) is 65.7 Å². The number of hydrogen-bond donors (Lipinski definition) is 2. The number of amides is 2. The summed E-state index contributed by atoms with van der Waals surface area (Å²) in [7, 11) is 0. The van der Waals surface area contributed by atoms with Crippen molar-refractivity contribution in [2.75, 3.05) is 23.4 Å². The van der Waals surface area contributed by atoms with Crippen molar-refractivity contribution in [1.29, 1.82) is 0 Å².